The normalized spacial score (nSPS) is 26.6. The fraction of sp³-hybridized carbons (Fsp3) is 0.692. The topological polar surface area (TPSA) is 67.2 Å². The van der Waals surface area contributed by atoms with Crippen LogP contribution in [0.25, 0.3) is 0 Å². The van der Waals surface area contributed by atoms with E-state index < -0.39 is 0 Å². The molecule has 1 amide bonds. The predicted molar refractivity (Wildman–Crippen MR) is 75.7 cm³/mol. The van der Waals surface area contributed by atoms with Gasteiger partial charge in [0.2, 0.25) is 0 Å². The average molecular weight is 288 g/mol. The van der Waals surface area contributed by atoms with Crippen molar-refractivity contribution in [2.24, 2.45) is 5.92 Å². The minimum Gasteiger partial charge on any atom is -0.361 e. The smallest absolute Gasteiger partial charge is 0.257 e. The fourth-order valence-electron chi connectivity index (χ4n) is 2.64. The van der Waals surface area contributed by atoms with Gasteiger partial charge in [0.15, 0.2) is 0 Å². The lowest BCUT2D eigenvalue weighted by Gasteiger charge is -2.35. The zero-order valence-electron chi connectivity index (χ0n) is 11.8. The van der Waals surface area contributed by atoms with E-state index in [1.165, 1.54) is 0 Å². The molecule has 0 saturated carbocycles. The Morgan fingerprint density at radius 3 is 2.63 bits per heavy atom. The minimum absolute atomic E-state index is 0. The Morgan fingerprint density at radius 2 is 2.11 bits per heavy atom. The number of aryl methyl sites for hydroxylation is 2. The van der Waals surface area contributed by atoms with Crippen LogP contribution in [0.4, 0.5) is 0 Å². The van der Waals surface area contributed by atoms with Gasteiger partial charge >= 0.3 is 0 Å². The van der Waals surface area contributed by atoms with Crippen LogP contribution in [0.5, 0.6) is 0 Å². The molecule has 3 atom stereocenters. The number of carbonyl (C=O) groups excluding carboxylic acids is 1. The second kappa shape index (κ2) is 6.39. The van der Waals surface area contributed by atoms with Crippen molar-refractivity contribution in [1.82, 2.24) is 15.8 Å². The van der Waals surface area contributed by atoms with Gasteiger partial charge in [0.05, 0.1) is 5.69 Å². The van der Waals surface area contributed by atoms with E-state index in [0.717, 1.165) is 13.0 Å². The molecule has 2 heterocycles. The van der Waals surface area contributed by atoms with Gasteiger partial charge in [-0.05, 0) is 39.7 Å². The van der Waals surface area contributed by atoms with Gasteiger partial charge in [-0.1, -0.05) is 12.1 Å². The first-order valence-corrected chi connectivity index (χ1v) is 6.47. The largest absolute Gasteiger partial charge is 0.361 e. The number of carbonyl (C=O) groups is 1. The number of hydrogen-bond acceptors (Lipinski definition) is 4. The van der Waals surface area contributed by atoms with Crippen LogP contribution in [0.1, 0.15) is 42.1 Å². The standard InChI is InChI=1S/C13H21N3O2.ClH/c1-7-5-6-14-9(3)12(7)15-13(17)11-8(2)16-18-10(11)4;/h7,9,12,14H,5-6H2,1-4H3,(H,15,17);1H. The highest BCUT2D eigenvalue weighted by Crippen LogP contribution is 2.18. The van der Waals surface area contributed by atoms with Gasteiger partial charge < -0.3 is 15.2 Å². The molecule has 2 rings (SSSR count). The van der Waals surface area contributed by atoms with E-state index in [0.29, 0.717) is 22.9 Å². The summed E-state index contributed by atoms with van der Waals surface area (Å²) < 4.78 is 5.03. The zero-order valence-corrected chi connectivity index (χ0v) is 12.6. The molecule has 5 nitrogen and oxygen atoms in total. The highest BCUT2D eigenvalue weighted by atomic mass is 35.5. The van der Waals surface area contributed by atoms with Crippen molar-refractivity contribution in [2.45, 2.75) is 46.2 Å². The van der Waals surface area contributed by atoms with Crippen molar-refractivity contribution in [2.75, 3.05) is 6.54 Å². The highest BCUT2D eigenvalue weighted by Gasteiger charge is 2.30. The molecule has 2 N–H and O–H groups in total. The minimum atomic E-state index is -0.0846. The van der Waals surface area contributed by atoms with Crippen LogP contribution in [-0.4, -0.2) is 29.7 Å². The van der Waals surface area contributed by atoms with Gasteiger partial charge in [0.1, 0.15) is 11.3 Å². The number of hydrogen-bond donors (Lipinski definition) is 2. The molecule has 1 aromatic heterocycles. The summed E-state index contributed by atoms with van der Waals surface area (Å²) in [6.07, 6.45) is 1.08. The summed E-state index contributed by atoms with van der Waals surface area (Å²) >= 11 is 0. The SMILES string of the molecule is Cc1noc(C)c1C(=O)NC1C(C)CCNC1C.Cl. The monoisotopic (exact) mass is 287 g/mol. The van der Waals surface area contributed by atoms with Crippen LogP contribution in [0, 0.1) is 19.8 Å². The number of nitrogens with one attached hydrogen (secondary N) is 2. The Kier molecular flexibility index (Phi) is 5.38. The molecule has 1 aliphatic rings. The molecule has 1 fully saturated rings. The van der Waals surface area contributed by atoms with Crippen molar-refractivity contribution >= 4 is 18.3 Å². The number of halogens is 1. The Balaban J connectivity index is 0.00000180. The van der Waals surface area contributed by atoms with Gasteiger partial charge in [0.25, 0.3) is 5.91 Å². The van der Waals surface area contributed by atoms with Crippen molar-refractivity contribution in [1.29, 1.82) is 0 Å². The van der Waals surface area contributed by atoms with Crippen LogP contribution < -0.4 is 10.6 Å². The molecule has 1 aromatic rings. The number of aromatic nitrogens is 1. The average Bonchev–Trinajstić information content (AvgIpc) is 2.64. The fourth-order valence-corrected chi connectivity index (χ4v) is 2.64. The summed E-state index contributed by atoms with van der Waals surface area (Å²) in [4.78, 5) is 12.3. The summed E-state index contributed by atoms with van der Waals surface area (Å²) in [5.41, 5.74) is 1.22. The lowest BCUT2D eigenvalue weighted by molar-refractivity contribution is 0.0895. The Bertz CT molecular complexity index is 418. The van der Waals surface area contributed by atoms with Gasteiger partial charge in [-0.2, -0.15) is 0 Å². The van der Waals surface area contributed by atoms with Crippen molar-refractivity contribution < 1.29 is 9.32 Å². The van der Waals surface area contributed by atoms with Crippen LogP contribution in [-0.2, 0) is 0 Å². The number of rotatable bonds is 2. The Morgan fingerprint density at radius 1 is 1.42 bits per heavy atom. The molecule has 0 aliphatic carbocycles. The molecule has 6 heteroatoms. The van der Waals surface area contributed by atoms with E-state index in [-0.39, 0.29) is 30.4 Å². The summed E-state index contributed by atoms with van der Waals surface area (Å²) in [6, 6.07) is 0.443. The van der Waals surface area contributed by atoms with Gasteiger partial charge in [-0.3, -0.25) is 4.79 Å². The van der Waals surface area contributed by atoms with E-state index >= 15 is 0 Å². The number of piperidine rings is 1. The third-order valence-electron chi connectivity index (χ3n) is 3.78. The Labute approximate surface area is 119 Å². The maximum absolute atomic E-state index is 12.3. The molecule has 108 valence electrons. The van der Waals surface area contributed by atoms with Gasteiger partial charge in [-0.25, -0.2) is 0 Å². The summed E-state index contributed by atoms with van der Waals surface area (Å²) in [5, 5.41) is 10.3. The zero-order chi connectivity index (χ0) is 13.3. The lowest BCUT2D eigenvalue weighted by atomic mass is 9.89. The molecule has 0 aromatic carbocycles. The number of amides is 1. The van der Waals surface area contributed by atoms with Crippen molar-refractivity contribution in [3.05, 3.63) is 17.0 Å². The molecule has 19 heavy (non-hydrogen) atoms. The van der Waals surface area contributed by atoms with E-state index in [2.05, 4.69) is 29.6 Å². The first kappa shape index (κ1) is 16.0. The quantitative estimate of drug-likeness (QED) is 0.871. The molecule has 0 spiro atoms. The summed E-state index contributed by atoms with van der Waals surface area (Å²) in [5.74, 6) is 0.971. The molecular weight excluding hydrogens is 266 g/mol. The molecule has 0 bridgehead atoms. The van der Waals surface area contributed by atoms with Gasteiger partial charge in [-0.15, -0.1) is 12.4 Å². The van der Waals surface area contributed by atoms with E-state index in [1.807, 2.05) is 0 Å². The maximum Gasteiger partial charge on any atom is 0.257 e. The lowest BCUT2D eigenvalue weighted by Crippen LogP contribution is -2.56. The first-order valence-electron chi connectivity index (χ1n) is 6.47. The van der Waals surface area contributed by atoms with Crippen LogP contribution >= 0.6 is 12.4 Å². The molecule has 0 radical (unpaired) electrons. The highest BCUT2D eigenvalue weighted by molar-refractivity contribution is 5.96. The Hall–Kier alpha value is -1.07. The summed E-state index contributed by atoms with van der Waals surface area (Å²) in [6.45, 7) is 8.85. The molecule has 1 saturated heterocycles. The summed E-state index contributed by atoms with van der Waals surface area (Å²) in [7, 11) is 0. The van der Waals surface area contributed by atoms with Crippen molar-refractivity contribution in [3.63, 3.8) is 0 Å². The van der Waals surface area contributed by atoms with E-state index in [4.69, 9.17) is 4.52 Å². The predicted octanol–water partition coefficient (Wildman–Crippen LogP) is 1.83. The number of nitrogens with zero attached hydrogens (tertiary/aromatic N) is 1. The van der Waals surface area contributed by atoms with Crippen LogP contribution in [0.3, 0.4) is 0 Å². The molecule has 1 aliphatic heterocycles. The van der Waals surface area contributed by atoms with Crippen LogP contribution in [0.15, 0.2) is 4.52 Å². The molecule has 3 unspecified atom stereocenters. The van der Waals surface area contributed by atoms with Crippen molar-refractivity contribution in [3.8, 4) is 0 Å². The second-order valence-corrected chi connectivity index (χ2v) is 5.21. The van der Waals surface area contributed by atoms with E-state index in [9.17, 15) is 4.79 Å². The third-order valence-corrected chi connectivity index (χ3v) is 3.78. The van der Waals surface area contributed by atoms with Crippen LogP contribution in [0.2, 0.25) is 0 Å². The maximum atomic E-state index is 12.3. The van der Waals surface area contributed by atoms with Gasteiger partial charge in [0, 0.05) is 12.1 Å². The molecular formula is C13H22ClN3O2. The first-order chi connectivity index (χ1) is 8.50. The van der Waals surface area contributed by atoms with E-state index in [1.54, 1.807) is 13.8 Å². The second-order valence-electron chi connectivity index (χ2n) is 5.21. The third kappa shape index (κ3) is 3.28.